The molecule has 0 fully saturated rings. The minimum atomic E-state index is -1.89. The van der Waals surface area contributed by atoms with E-state index < -0.39 is 8.03 Å². The number of nitrogen functional groups attached to an aromatic ring is 1. The molecule has 0 aliphatic carbocycles. The minimum absolute atomic E-state index is 0.279. The molecule has 1 amide bonds. The van der Waals surface area contributed by atoms with E-state index in [0.717, 1.165) is 10.4 Å². The van der Waals surface area contributed by atoms with Crippen molar-refractivity contribution in [3.63, 3.8) is 0 Å². The highest BCUT2D eigenvalue weighted by Gasteiger charge is 2.21. The third-order valence-electron chi connectivity index (χ3n) is 3.69. The van der Waals surface area contributed by atoms with Crippen LogP contribution in [-0.4, -0.2) is 12.5 Å². The fraction of sp³-hybridized carbons (Fsp3) is 0.105. The van der Waals surface area contributed by atoms with Crippen molar-refractivity contribution in [3.05, 3.63) is 65.5 Å². The van der Waals surface area contributed by atoms with E-state index in [1.54, 1.807) is 48.6 Å². The average molecular weight is 385 g/mol. The molecule has 7 heteroatoms. The van der Waals surface area contributed by atoms with Gasteiger partial charge in [0, 0.05) is 10.4 Å². The van der Waals surface area contributed by atoms with Gasteiger partial charge in [-0.05, 0) is 64.9 Å². The number of rotatable bonds is 6. The number of anilines is 2. The monoisotopic (exact) mass is 385 g/mol. The fourth-order valence-electron chi connectivity index (χ4n) is 2.38. The molecule has 3 rings (SSSR count). The number of hydrogen-bond acceptors (Lipinski definition) is 5. The fourth-order valence-corrected chi connectivity index (χ4v) is 3.88. The van der Waals surface area contributed by atoms with Crippen LogP contribution in [0.3, 0.4) is 0 Å². The topological polar surface area (TPSA) is 81.4 Å². The maximum absolute atomic E-state index is 12.5. The Morgan fingerprint density at radius 1 is 1.19 bits per heavy atom. The van der Waals surface area contributed by atoms with E-state index in [9.17, 15) is 9.36 Å². The van der Waals surface area contributed by atoms with Crippen molar-refractivity contribution in [2.45, 2.75) is 6.92 Å². The van der Waals surface area contributed by atoms with Crippen LogP contribution in [0.2, 0.25) is 0 Å². The molecule has 2 aromatic carbocycles. The first-order chi connectivity index (χ1) is 12.6. The lowest BCUT2D eigenvalue weighted by molar-refractivity contribution is 0.102. The van der Waals surface area contributed by atoms with Gasteiger partial charge in [0.15, 0.2) is 0 Å². The lowest BCUT2D eigenvalue weighted by Gasteiger charge is -2.10. The van der Waals surface area contributed by atoms with Gasteiger partial charge < -0.3 is 11.1 Å². The number of carbonyl (C=O) groups excluding carboxylic acids is 1. The molecule has 3 aromatic rings. The summed E-state index contributed by atoms with van der Waals surface area (Å²) in [5.74, 6) is -0.279. The van der Waals surface area contributed by atoms with Gasteiger partial charge in [-0.25, -0.2) is 0 Å². The van der Waals surface area contributed by atoms with Crippen molar-refractivity contribution in [1.82, 2.24) is 0 Å². The van der Waals surface area contributed by atoms with Gasteiger partial charge in [0.1, 0.15) is 6.61 Å². The lowest BCUT2D eigenvalue weighted by Crippen LogP contribution is -2.14. The molecule has 0 saturated carbocycles. The van der Waals surface area contributed by atoms with E-state index in [1.807, 2.05) is 29.6 Å². The normalized spacial score (nSPS) is 11.2. The number of amides is 1. The van der Waals surface area contributed by atoms with Crippen molar-refractivity contribution in [2.24, 2.45) is 0 Å². The molecule has 0 aliphatic heterocycles. The van der Waals surface area contributed by atoms with E-state index in [4.69, 9.17) is 10.3 Å². The largest absolute Gasteiger partial charge is 0.548 e. The highest BCUT2D eigenvalue weighted by atomic mass is 32.1. The molecule has 5 nitrogen and oxygen atoms in total. The Morgan fingerprint density at radius 2 is 1.96 bits per heavy atom. The zero-order chi connectivity index (χ0) is 18.5. The second kappa shape index (κ2) is 8.23. The molecular formula is C19H18N2O3PS+. The van der Waals surface area contributed by atoms with Gasteiger partial charge >= 0.3 is 8.03 Å². The summed E-state index contributed by atoms with van der Waals surface area (Å²) in [6, 6.07) is 16.1. The van der Waals surface area contributed by atoms with Crippen molar-refractivity contribution >= 4 is 42.0 Å². The predicted molar refractivity (Wildman–Crippen MR) is 107 cm³/mol. The van der Waals surface area contributed by atoms with Crippen LogP contribution in [0.15, 0.2) is 60.0 Å². The molecule has 1 unspecified atom stereocenters. The predicted octanol–water partition coefficient (Wildman–Crippen LogP) is 4.65. The molecule has 0 radical (unpaired) electrons. The highest BCUT2D eigenvalue weighted by molar-refractivity contribution is 7.48. The Morgan fingerprint density at radius 3 is 2.62 bits per heavy atom. The number of thiophene rings is 1. The van der Waals surface area contributed by atoms with Gasteiger partial charge in [0.25, 0.3) is 5.91 Å². The van der Waals surface area contributed by atoms with Crippen LogP contribution in [0.4, 0.5) is 11.4 Å². The number of benzene rings is 2. The van der Waals surface area contributed by atoms with Crippen molar-refractivity contribution < 1.29 is 13.9 Å². The van der Waals surface area contributed by atoms with Gasteiger partial charge in [0.05, 0.1) is 11.4 Å². The SMILES string of the molecule is CCO[P+](=O)c1ccc(C(=O)Nc2cc(-c3cccs3)ccc2N)cc1. The summed E-state index contributed by atoms with van der Waals surface area (Å²) in [6.45, 7) is 2.15. The first kappa shape index (κ1) is 18.3. The Hall–Kier alpha value is -2.53. The van der Waals surface area contributed by atoms with Crippen molar-refractivity contribution in [2.75, 3.05) is 17.7 Å². The van der Waals surface area contributed by atoms with Crippen LogP contribution >= 0.6 is 19.4 Å². The smallest absolute Gasteiger partial charge is 0.397 e. The van der Waals surface area contributed by atoms with E-state index in [1.165, 1.54) is 0 Å². The van der Waals surface area contributed by atoms with Gasteiger partial charge in [0.2, 0.25) is 5.30 Å². The number of hydrogen-bond donors (Lipinski definition) is 2. The molecule has 0 aliphatic rings. The molecule has 3 N–H and O–H groups in total. The van der Waals surface area contributed by atoms with E-state index in [-0.39, 0.29) is 5.91 Å². The van der Waals surface area contributed by atoms with Crippen LogP contribution < -0.4 is 16.4 Å². The maximum Gasteiger partial charge on any atom is 0.548 e. The quantitative estimate of drug-likeness (QED) is 0.478. The van der Waals surface area contributed by atoms with E-state index in [0.29, 0.717) is 28.8 Å². The van der Waals surface area contributed by atoms with Crippen LogP contribution in [-0.2, 0) is 9.09 Å². The summed E-state index contributed by atoms with van der Waals surface area (Å²) in [6.07, 6.45) is 0. The maximum atomic E-state index is 12.5. The van der Waals surface area contributed by atoms with Gasteiger partial charge in [-0.2, -0.15) is 0 Å². The number of nitrogens with one attached hydrogen (secondary N) is 1. The van der Waals surface area contributed by atoms with Crippen molar-refractivity contribution in [3.8, 4) is 10.4 Å². The Kier molecular flexibility index (Phi) is 5.78. The van der Waals surface area contributed by atoms with E-state index >= 15 is 0 Å². The van der Waals surface area contributed by atoms with E-state index in [2.05, 4.69) is 5.32 Å². The Labute approximate surface area is 156 Å². The Balaban J connectivity index is 1.77. The van der Waals surface area contributed by atoms with Crippen LogP contribution in [0.25, 0.3) is 10.4 Å². The molecular weight excluding hydrogens is 367 g/mol. The third kappa shape index (κ3) is 4.17. The van der Waals surface area contributed by atoms with Crippen LogP contribution in [0.1, 0.15) is 17.3 Å². The van der Waals surface area contributed by atoms with Gasteiger partial charge in [-0.3, -0.25) is 4.79 Å². The standard InChI is InChI=1S/C19H17N2O3PS/c1-2-24-25(23)15-8-5-13(6-9-15)19(22)21-17-12-14(7-10-16(17)20)18-4-3-11-26-18/h3-12H,2H2,1H3,(H2-,20,21,22,23)/p+1. The van der Waals surface area contributed by atoms with Gasteiger partial charge in [-0.1, -0.05) is 12.1 Å². The van der Waals surface area contributed by atoms with Gasteiger partial charge in [-0.15, -0.1) is 15.9 Å². The summed E-state index contributed by atoms with van der Waals surface area (Å²) in [5, 5.41) is 5.39. The summed E-state index contributed by atoms with van der Waals surface area (Å²) in [4.78, 5) is 13.6. The summed E-state index contributed by atoms with van der Waals surface area (Å²) in [5.41, 5.74) is 8.50. The van der Waals surface area contributed by atoms with Crippen molar-refractivity contribution in [1.29, 1.82) is 0 Å². The lowest BCUT2D eigenvalue weighted by atomic mass is 10.1. The van der Waals surface area contributed by atoms with Crippen LogP contribution in [0, 0.1) is 0 Å². The third-order valence-corrected chi connectivity index (χ3v) is 5.83. The molecule has 26 heavy (non-hydrogen) atoms. The second-order valence-electron chi connectivity index (χ2n) is 5.46. The molecule has 1 aromatic heterocycles. The summed E-state index contributed by atoms with van der Waals surface area (Å²) < 4.78 is 16.9. The zero-order valence-corrected chi connectivity index (χ0v) is 15.8. The molecule has 1 heterocycles. The Bertz CT molecular complexity index is 924. The first-order valence-corrected chi connectivity index (χ1v) is 10.1. The molecule has 132 valence electrons. The molecule has 0 bridgehead atoms. The average Bonchev–Trinajstić information content (AvgIpc) is 3.18. The minimum Gasteiger partial charge on any atom is -0.397 e. The molecule has 0 spiro atoms. The number of carbonyl (C=O) groups is 1. The number of nitrogens with two attached hydrogens (primary N) is 1. The summed E-state index contributed by atoms with van der Waals surface area (Å²) >= 11 is 1.62. The second-order valence-corrected chi connectivity index (χ2v) is 7.69. The highest BCUT2D eigenvalue weighted by Crippen LogP contribution is 2.30. The first-order valence-electron chi connectivity index (χ1n) is 8.03. The van der Waals surface area contributed by atoms with Crippen LogP contribution in [0.5, 0.6) is 0 Å². The molecule has 1 atom stereocenters. The summed E-state index contributed by atoms with van der Waals surface area (Å²) in [7, 11) is -1.89. The zero-order valence-electron chi connectivity index (χ0n) is 14.1. The molecule has 0 saturated heterocycles.